The third-order valence-corrected chi connectivity index (χ3v) is 3.57. The first-order valence-electron chi connectivity index (χ1n) is 6.66. The molecule has 7 N–H and O–H groups in total. The summed E-state index contributed by atoms with van der Waals surface area (Å²) in [5.74, 6) is -4.23. The molecule has 1 rings (SSSR count). The Morgan fingerprint density at radius 1 is 1.50 bits per heavy atom. The molecule has 0 aromatic carbocycles. The summed E-state index contributed by atoms with van der Waals surface area (Å²) in [6, 6.07) is -1.13. The van der Waals surface area contributed by atoms with Crippen LogP contribution in [0, 0.1) is 0 Å². The van der Waals surface area contributed by atoms with Gasteiger partial charge in [-0.25, -0.2) is 4.79 Å². The quantitative estimate of drug-likeness (QED) is 0.294. The number of hydrogen-bond acceptors (Lipinski definition) is 8. The Balaban J connectivity index is 3.14. The fraction of sp³-hybridized carbons (Fsp3) is 0.833. The number of carboxylic acids is 1. The van der Waals surface area contributed by atoms with Gasteiger partial charge in [-0.3, -0.25) is 4.79 Å². The number of methoxy groups -OCH3 is 1. The maximum Gasteiger partial charge on any atom is 0.364 e. The van der Waals surface area contributed by atoms with Gasteiger partial charge in [0.05, 0.1) is 18.2 Å². The Bertz CT molecular complexity index is 420. The minimum absolute atomic E-state index is 0.322. The maximum absolute atomic E-state index is 11.4. The van der Waals surface area contributed by atoms with Crippen molar-refractivity contribution in [3.63, 3.8) is 0 Å². The van der Waals surface area contributed by atoms with E-state index in [4.69, 9.17) is 15.2 Å². The van der Waals surface area contributed by atoms with Gasteiger partial charge in [-0.05, 0) is 0 Å². The normalized spacial score (nSPS) is 34.7. The van der Waals surface area contributed by atoms with Crippen LogP contribution < -0.4 is 11.1 Å². The smallest absolute Gasteiger partial charge is 0.364 e. The summed E-state index contributed by atoms with van der Waals surface area (Å²) in [4.78, 5) is 22.6. The summed E-state index contributed by atoms with van der Waals surface area (Å²) < 4.78 is 10.1. The molecule has 22 heavy (non-hydrogen) atoms. The molecular weight excluding hydrogens is 300 g/mol. The van der Waals surface area contributed by atoms with Crippen molar-refractivity contribution in [3.8, 4) is 0 Å². The number of amides is 1. The molecule has 0 unspecified atom stereocenters. The number of carboxylic acid groups (broad SMARTS) is 1. The fourth-order valence-corrected chi connectivity index (χ4v) is 2.37. The Morgan fingerprint density at radius 3 is 2.50 bits per heavy atom. The molecule has 0 spiro atoms. The van der Waals surface area contributed by atoms with E-state index in [2.05, 4.69) is 5.32 Å². The second-order valence-corrected chi connectivity index (χ2v) is 5.14. The van der Waals surface area contributed by atoms with Crippen molar-refractivity contribution >= 4 is 11.9 Å². The van der Waals surface area contributed by atoms with Crippen molar-refractivity contribution in [2.45, 2.75) is 49.6 Å². The van der Waals surface area contributed by atoms with E-state index < -0.39 is 54.5 Å². The van der Waals surface area contributed by atoms with Crippen molar-refractivity contribution < 1.29 is 39.5 Å². The number of carbonyl (C=O) groups is 2. The number of aliphatic hydroxyl groups is 3. The van der Waals surface area contributed by atoms with Crippen LogP contribution in [0.2, 0.25) is 0 Å². The molecular formula is C12H22N2O8. The highest BCUT2D eigenvalue weighted by molar-refractivity contribution is 5.76. The molecule has 0 aromatic rings. The highest BCUT2D eigenvalue weighted by atomic mass is 16.7. The Hall–Kier alpha value is -1.30. The van der Waals surface area contributed by atoms with Crippen LogP contribution in [0.4, 0.5) is 0 Å². The van der Waals surface area contributed by atoms with Gasteiger partial charge in [-0.1, -0.05) is 0 Å². The van der Waals surface area contributed by atoms with Gasteiger partial charge >= 0.3 is 5.97 Å². The third-order valence-electron chi connectivity index (χ3n) is 3.57. The summed E-state index contributed by atoms with van der Waals surface area (Å²) in [6.45, 7) is 0.863. The van der Waals surface area contributed by atoms with Crippen LogP contribution in [0.15, 0.2) is 0 Å². The zero-order valence-electron chi connectivity index (χ0n) is 12.3. The fourth-order valence-electron chi connectivity index (χ4n) is 2.37. The molecule has 0 aromatic heterocycles. The summed E-state index contributed by atoms with van der Waals surface area (Å²) in [6.07, 6.45) is -6.34. The van der Waals surface area contributed by atoms with Gasteiger partial charge in [0.15, 0.2) is 0 Å². The lowest BCUT2D eigenvalue weighted by Gasteiger charge is -2.46. The van der Waals surface area contributed by atoms with E-state index in [0.29, 0.717) is 0 Å². The van der Waals surface area contributed by atoms with Gasteiger partial charge in [0.1, 0.15) is 12.2 Å². The largest absolute Gasteiger partial charge is 0.477 e. The first-order chi connectivity index (χ1) is 10.2. The van der Waals surface area contributed by atoms with Crippen molar-refractivity contribution in [1.82, 2.24) is 5.32 Å². The van der Waals surface area contributed by atoms with Crippen molar-refractivity contribution in [3.05, 3.63) is 0 Å². The van der Waals surface area contributed by atoms with Gasteiger partial charge in [-0.2, -0.15) is 0 Å². The average Bonchev–Trinajstić information content (AvgIpc) is 2.46. The van der Waals surface area contributed by atoms with Crippen molar-refractivity contribution in [2.75, 3.05) is 13.7 Å². The van der Waals surface area contributed by atoms with E-state index in [-0.39, 0.29) is 6.54 Å². The topological polar surface area (TPSA) is 172 Å². The van der Waals surface area contributed by atoms with Crippen LogP contribution in [-0.4, -0.2) is 82.2 Å². The molecule has 0 radical (unpaired) electrons. The number of rotatable bonds is 6. The second-order valence-electron chi connectivity index (χ2n) is 5.14. The van der Waals surface area contributed by atoms with Gasteiger partial charge in [0.25, 0.3) is 5.79 Å². The Labute approximate surface area is 126 Å². The van der Waals surface area contributed by atoms with E-state index in [1.165, 1.54) is 6.92 Å². The summed E-state index contributed by atoms with van der Waals surface area (Å²) >= 11 is 0. The second kappa shape index (κ2) is 7.31. The zero-order chi connectivity index (χ0) is 17.1. The standard InChI is InChI=1S/C12H22N2O8/c1-5(15)14-8-6(16)3-12(21-2,11(19)20)22-10(8)9(18)7(17)4-13/h6-10,16-18H,3-4,13H2,1-2H3,(H,14,15)(H,19,20)/t6-,7+,8+,9+,10+,12+/m0/s1. The molecule has 1 aliphatic rings. The van der Waals surface area contributed by atoms with Crippen LogP contribution in [0.3, 0.4) is 0 Å². The van der Waals surface area contributed by atoms with Crippen LogP contribution >= 0.6 is 0 Å². The first kappa shape index (κ1) is 18.7. The minimum atomic E-state index is -2.20. The number of aliphatic hydroxyl groups excluding tert-OH is 3. The molecule has 1 heterocycles. The predicted molar refractivity (Wildman–Crippen MR) is 71.5 cm³/mol. The van der Waals surface area contributed by atoms with Gasteiger partial charge in [0, 0.05) is 27.0 Å². The summed E-state index contributed by atoms with van der Waals surface area (Å²) in [7, 11) is 1.07. The lowest BCUT2D eigenvalue weighted by Crippen LogP contribution is -2.67. The molecule has 1 amide bonds. The number of nitrogens with two attached hydrogens (primary N) is 1. The lowest BCUT2D eigenvalue weighted by atomic mass is 9.88. The highest BCUT2D eigenvalue weighted by Gasteiger charge is 2.55. The van der Waals surface area contributed by atoms with Gasteiger partial charge in [-0.15, -0.1) is 0 Å². The van der Waals surface area contributed by atoms with E-state index in [1.807, 2.05) is 0 Å². The number of ether oxygens (including phenoxy) is 2. The molecule has 0 bridgehead atoms. The monoisotopic (exact) mass is 322 g/mol. The molecule has 1 aliphatic heterocycles. The van der Waals surface area contributed by atoms with E-state index in [1.54, 1.807) is 0 Å². The highest BCUT2D eigenvalue weighted by Crippen LogP contribution is 2.32. The van der Waals surface area contributed by atoms with Crippen LogP contribution in [0.25, 0.3) is 0 Å². The predicted octanol–water partition coefficient (Wildman–Crippen LogP) is -3.25. The molecule has 0 aliphatic carbocycles. The van der Waals surface area contributed by atoms with Gasteiger partial charge < -0.3 is 41.0 Å². The van der Waals surface area contributed by atoms with Crippen molar-refractivity contribution in [2.24, 2.45) is 5.73 Å². The number of aliphatic carboxylic acids is 1. The van der Waals surface area contributed by atoms with Crippen molar-refractivity contribution in [1.29, 1.82) is 0 Å². The Morgan fingerprint density at radius 2 is 2.09 bits per heavy atom. The van der Waals surface area contributed by atoms with E-state index in [9.17, 15) is 30.0 Å². The first-order valence-corrected chi connectivity index (χ1v) is 6.66. The summed E-state index contributed by atoms with van der Waals surface area (Å²) in [5, 5.41) is 41.5. The number of carbonyl (C=O) groups excluding carboxylic acids is 1. The van der Waals surface area contributed by atoms with Crippen LogP contribution in [0.5, 0.6) is 0 Å². The molecule has 128 valence electrons. The number of hydrogen-bond donors (Lipinski definition) is 6. The molecule has 0 saturated carbocycles. The van der Waals surface area contributed by atoms with Gasteiger partial charge in [0.2, 0.25) is 5.91 Å². The minimum Gasteiger partial charge on any atom is -0.477 e. The molecule has 10 heteroatoms. The third kappa shape index (κ3) is 3.72. The Kier molecular flexibility index (Phi) is 6.23. The molecule has 1 fully saturated rings. The van der Waals surface area contributed by atoms with E-state index in [0.717, 1.165) is 7.11 Å². The zero-order valence-corrected chi connectivity index (χ0v) is 12.3. The SMILES string of the molecule is CO[C@]1(C(=O)O)C[C@H](O)[C@@H](NC(C)=O)[C@H]([C@H](O)[C@H](O)CN)O1. The van der Waals surface area contributed by atoms with E-state index >= 15 is 0 Å². The lowest BCUT2D eigenvalue weighted by molar-refractivity contribution is -0.302. The summed E-state index contributed by atoms with van der Waals surface area (Å²) in [5.41, 5.74) is 5.26. The maximum atomic E-state index is 11.4. The van der Waals surface area contributed by atoms with Crippen LogP contribution in [0.1, 0.15) is 13.3 Å². The number of nitrogens with one attached hydrogen (secondary N) is 1. The molecule has 10 nitrogen and oxygen atoms in total. The average molecular weight is 322 g/mol. The van der Waals surface area contributed by atoms with Crippen LogP contribution in [-0.2, 0) is 19.1 Å². The molecule has 1 saturated heterocycles. The molecule has 6 atom stereocenters.